The maximum atomic E-state index is 12.3. The molecule has 0 radical (unpaired) electrons. The van der Waals surface area contributed by atoms with Gasteiger partial charge in [0.2, 0.25) is 11.8 Å². The lowest BCUT2D eigenvalue weighted by Gasteiger charge is -2.26. The minimum absolute atomic E-state index is 0.00961. The second-order valence-corrected chi connectivity index (χ2v) is 7.80. The Morgan fingerprint density at radius 1 is 1.25 bits per heavy atom. The Labute approximate surface area is 154 Å². The van der Waals surface area contributed by atoms with Crippen molar-refractivity contribution in [3.8, 4) is 0 Å². The number of nitrogens with zero attached hydrogens (tertiary/aromatic N) is 1. The van der Waals surface area contributed by atoms with Gasteiger partial charge in [0.15, 0.2) is 0 Å². The maximum Gasteiger partial charge on any atom is 0.225 e. The zero-order valence-electron chi connectivity index (χ0n) is 15.0. The molecule has 4 nitrogen and oxygen atoms in total. The van der Waals surface area contributed by atoms with Gasteiger partial charge in [-0.1, -0.05) is 50.0 Å². The molecule has 1 aromatic rings. The summed E-state index contributed by atoms with van der Waals surface area (Å²) in [4.78, 5) is 25.8. The highest BCUT2D eigenvalue weighted by Gasteiger charge is 2.21. The molecule has 0 saturated carbocycles. The Morgan fingerprint density at radius 3 is 2.42 bits per heavy atom. The van der Waals surface area contributed by atoms with Crippen molar-refractivity contribution in [1.82, 2.24) is 10.2 Å². The fourth-order valence-electron chi connectivity index (χ4n) is 2.15. The summed E-state index contributed by atoms with van der Waals surface area (Å²) >= 11 is 12.1. The predicted molar refractivity (Wildman–Crippen MR) is 99.3 cm³/mol. The molecule has 1 aromatic carbocycles. The lowest BCUT2D eigenvalue weighted by Crippen LogP contribution is -2.36. The summed E-state index contributed by atoms with van der Waals surface area (Å²) in [5, 5.41) is 3.96. The van der Waals surface area contributed by atoms with Crippen LogP contribution in [0, 0.1) is 5.41 Å². The molecule has 2 amide bonds. The first-order valence-electron chi connectivity index (χ1n) is 8.03. The lowest BCUT2D eigenvalue weighted by atomic mass is 9.96. The van der Waals surface area contributed by atoms with Gasteiger partial charge < -0.3 is 10.2 Å². The van der Waals surface area contributed by atoms with Gasteiger partial charge in [-0.3, -0.25) is 9.59 Å². The van der Waals surface area contributed by atoms with E-state index in [9.17, 15) is 9.59 Å². The summed E-state index contributed by atoms with van der Waals surface area (Å²) in [6.07, 6.45) is 0.975. The van der Waals surface area contributed by atoms with Crippen LogP contribution in [0.3, 0.4) is 0 Å². The molecule has 24 heavy (non-hydrogen) atoms. The van der Waals surface area contributed by atoms with E-state index in [2.05, 4.69) is 5.32 Å². The van der Waals surface area contributed by atoms with Crippen molar-refractivity contribution < 1.29 is 9.59 Å². The van der Waals surface area contributed by atoms with Gasteiger partial charge in [0.05, 0.1) is 6.04 Å². The van der Waals surface area contributed by atoms with Crippen molar-refractivity contribution in [2.75, 3.05) is 13.6 Å². The van der Waals surface area contributed by atoms with E-state index in [1.165, 1.54) is 0 Å². The van der Waals surface area contributed by atoms with Crippen LogP contribution in [-0.2, 0) is 9.59 Å². The van der Waals surface area contributed by atoms with Crippen LogP contribution in [0.4, 0.5) is 0 Å². The molecule has 134 valence electrons. The Bertz CT molecular complexity index is 597. The second kappa shape index (κ2) is 8.72. The zero-order chi connectivity index (χ0) is 18.5. The lowest BCUT2D eigenvalue weighted by molar-refractivity contribution is -0.132. The summed E-state index contributed by atoms with van der Waals surface area (Å²) in [5.74, 6) is 0.00291. The minimum atomic E-state index is -0.416. The van der Waals surface area contributed by atoms with Gasteiger partial charge in [0.25, 0.3) is 0 Å². The standard InChI is InChI=1S/C18H26Cl2N2O2/c1-12(14-9-8-13(19)11-15(14)20)22(5)16(23)7-6-10-21-17(24)18(2,3)4/h8-9,11-12H,6-7,10H2,1-5H3,(H,21,24). The quantitative estimate of drug-likeness (QED) is 0.749. The van der Waals surface area contributed by atoms with E-state index >= 15 is 0 Å². The van der Waals surface area contributed by atoms with Gasteiger partial charge in [0.1, 0.15) is 0 Å². The topological polar surface area (TPSA) is 49.4 Å². The summed E-state index contributed by atoms with van der Waals surface area (Å²) in [6, 6.07) is 5.13. The molecule has 0 aliphatic heterocycles. The average molecular weight is 373 g/mol. The summed E-state index contributed by atoms with van der Waals surface area (Å²) in [5.41, 5.74) is 0.443. The number of carbonyl (C=O) groups is 2. The highest BCUT2D eigenvalue weighted by molar-refractivity contribution is 6.35. The molecular weight excluding hydrogens is 347 g/mol. The molecule has 0 aliphatic carbocycles. The van der Waals surface area contributed by atoms with Crippen LogP contribution in [0.2, 0.25) is 10.0 Å². The third-order valence-electron chi connectivity index (χ3n) is 3.92. The molecule has 1 rings (SSSR count). The number of rotatable bonds is 6. The molecule has 0 aromatic heterocycles. The van der Waals surface area contributed by atoms with E-state index in [4.69, 9.17) is 23.2 Å². The summed E-state index contributed by atoms with van der Waals surface area (Å²) in [7, 11) is 1.76. The number of benzene rings is 1. The fraction of sp³-hybridized carbons (Fsp3) is 0.556. The first-order valence-corrected chi connectivity index (χ1v) is 8.78. The predicted octanol–water partition coefficient (Wildman–Crippen LogP) is 4.46. The van der Waals surface area contributed by atoms with E-state index in [-0.39, 0.29) is 17.9 Å². The first kappa shape index (κ1) is 20.8. The normalized spacial score (nSPS) is 12.6. The highest BCUT2D eigenvalue weighted by atomic mass is 35.5. The Kier molecular flexibility index (Phi) is 7.56. The number of hydrogen-bond acceptors (Lipinski definition) is 2. The molecule has 1 unspecified atom stereocenters. The van der Waals surface area contributed by atoms with E-state index in [0.717, 1.165) is 5.56 Å². The minimum Gasteiger partial charge on any atom is -0.356 e. The Hall–Kier alpha value is -1.26. The van der Waals surface area contributed by atoms with E-state index < -0.39 is 5.41 Å². The van der Waals surface area contributed by atoms with Crippen molar-refractivity contribution in [1.29, 1.82) is 0 Å². The first-order chi connectivity index (χ1) is 11.0. The van der Waals surface area contributed by atoms with Gasteiger partial charge in [0, 0.05) is 35.5 Å². The number of amides is 2. The van der Waals surface area contributed by atoms with Crippen LogP contribution in [0.15, 0.2) is 18.2 Å². The van der Waals surface area contributed by atoms with Crippen molar-refractivity contribution in [3.63, 3.8) is 0 Å². The van der Waals surface area contributed by atoms with Crippen molar-refractivity contribution in [2.45, 2.75) is 46.6 Å². The van der Waals surface area contributed by atoms with Gasteiger partial charge >= 0.3 is 0 Å². The fourth-order valence-corrected chi connectivity index (χ4v) is 2.71. The maximum absolute atomic E-state index is 12.3. The Morgan fingerprint density at radius 2 is 1.88 bits per heavy atom. The largest absolute Gasteiger partial charge is 0.356 e. The van der Waals surface area contributed by atoms with Gasteiger partial charge in [-0.15, -0.1) is 0 Å². The van der Waals surface area contributed by atoms with Crippen LogP contribution in [0.25, 0.3) is 0 Å². The smallest absolute Gasteiger partial charge is 0.225 e. The summed E-state index contributed by atoms with van der Waals surface area (Å²) < 4.78 is 0. The van der Waals surface area contributed by atoms with E-state index in [0.29, 0.717) is 29.4 Å². The average Bonchev–Trinajstić information content (AvgIpc) is 2.48. The monoisotopic (exact) mass is 372 g/mol. The molecule has 0 aliphatic rings. The number of halogens is 2. The van der Waals surface area contributed by atoms with Crippen LogP contribution >= 0.6 is 23.2 Å². The molecule has 0 fully saturated rings. The molecule has 0 saturated heterocycles. The molecule has 0 bridgehead atoms. The van der Waals surface area contributed by atoms with Crippen molar-refractivity contribution in [2.24, 2.45) is 5.41 Å². The van der Waals surface area contributed by atoms with Crippen LogP contribution in [-0.4, -0.2) is 30.3 Å². The molecular formula is C18H26Cl2N2O2. The van der Waals surface area contributed by atoms with E-state index in [1.54, 1.807) is 24.1 Å². The third kappa shape index (κ3) is 5.99. The van der Waals surface area contributed by atoms with Crippen LogP contribution < -0.4 is 5.32 Å². The third-order valence-corrected chi connectivity index (χ3v) is 4.48. The van der Waals surface area contributed by atoms with Gasteiger partial charge in [-0.05, 0) is 31.0 Å². The molecule has 1 atom stereocenters. The molecule has 1 N–H and O–H groups in total. The van der Waals surface area contributed by atoms with Crippen molar-refractivity contribution >= 4 is 35.0 Å². The number of nitrogens with one attached hydrogen (secondary N) is 1. The van der Waals surface area contributed by atoms with Gasteiger partial charge in [-0.25, -0.2) is 0 Å². The highest BCUT2D eigenvalue weighted by Crippen LogP contribution is 2.29. The molecule has 6 heteroatoms. The second-order valence-electron chi connectivity index (χ2n) is 6.96. The number of hydrogen-bond donors (Lipinski definition) is 1. The van der Waals surface area contributed by atoms with E-state index in [1.807, 2.05) is 33.8 Å². The number of carbonyl (C=O) groups excluding carboxylic acids is 2. The Balaban J connectivity index is 2.51. The zero-order valence-corrected chi connectivity index (χ0v) is 16.5. The van der Waals surface area contributed by atoms with Crippen LogP contribution in [0.1, 0.15) is 52.1 Å². The SMILES string of the molecule is CC(c1ccc(Cl)cc1Cl)N(C)C(=O)CCCNC(=O)C(C)(C)C. The van der Waals surface area contributed by atoms with Crippen molar-refractivity contribution in [3.05, 3.63) is 33.8 Å². The van der Waals surface area contributed by atoms with Gasteiger partial charge in [-0.2, -0.15) is 0 Å². The van der Waals surface area contributed by atoms with Crippen LogP contribution in [0.5, 0.6) is 0 Å². The molecule has 0 heterocycles. The summed E-state index contributed by atoms with van der Waals surface area (Å²) in [6.45, 7) is 8.00. The molecule has 0 spiro atoms.